The summed E-state index contributed by atoms with van der Waals surface area (Å²) < 4.78 is 1.58. The predicted octanol–water partition coefficient (Wildman–Crippen LogP) is 3.55. The maximum atomic E-state index is 13.0. The molecule has 2 aromatic carbocycles. The van der Waals surface area contributed by atoms with Crippen LogP contribution in [-0.2, 0) is 4.79 Å². The summed E-state index contributed by atoms with van der Waals surface area (Å²) in [7, 11) is 0. The third kappa shape index (κ3) is 4.17. The van der Waals surface area contributed by atoms with Gasteiger partial charge in [0.05, 0.1) is 23.2 Å². The molecule has 30 heavy (non-hydrogen) atoms. The van der Waals surface area contributed by atoms with Gasteiger partial charge < -0.3 is 10.2 Å². The number of carbonyl (C=O) groups is 2. The highest BCUT2D eigenvalue weighted by molar-refractivity contribution is 7.99. The van der Waals surface area contributed by atoms with Gasteiger partial charge in [0, 0.05) is 22.7 Å². The molecule has 150 valence electrons. The minimum atomic E-state index is -0.602. The molecule has 1 atom stereocenters. The number of hydrogen-bond donors (Lipinski definition) is 1. The molecule has 4 rings (SSSR count). The van der Waals surface area contributed by atoms with Crippen molar-refractivity contribution in [3.05, 3.63) is 77.1 Å². The van der Waals surface area contributed by atoms with E-state index in [2.05, 4.69) is 10.4 Å². The van der Waals surface area contributed by atoms with E-state index in [4.69, 9.17) is 16.9 Å². The van der Waals surface area contributed by atoms with E-state index in [1.165, 1.54) is 16.7 Å². The van der Waals surface area contributed by atoms with Crippen molar-refractivity contribution in [3.8, 4) is 11.8 Å². The van der Waals surface area contributed by atoms with Gasteiger partial charge in [-0.1, -0.05) is 17.7 Å². The quantitative estimate of drug-likeness (QED) is 0.674. The van der Waals surface area contributed by atoms with E-state index in [0.29, 0.717) is 27.9 Å². The van der Waals surface area contributed by atoms with E-state index in [0.717, 1.165) is 5.69 Å². The van der Waals surface area contributed by atoms with Gasteiger partial charge in [0.1, 0.15) is 6.04 Å². The first-order chi connectivity index (χ1) is 14.5. The largest absolute Gasteiger partial charge is 0.324 e. The molecule has 0 aliphatic carbocycles. The second-order valence-electron chi connectivity index (χ2n) is 6.59. The molecule has 0 saturated carbocycles. The van der Waals surface area contributed by atoms with Crippen molar-refractivity contribution in [2.24, 2.45) is 0 Å². The summed E-state index contributed by atoms with van der Waals surface area (Å²) in [6.07, 6.45) is 1.69. The molecular formula is C21H16ClN5O2S. The Balaban J connectivity index is 1.48. The van der Waals surface area contributed by atoms with Crippen molar-refractivity contribution in [1.82, 2.24) is 14.7 Å². The number of nitrogens with one attached hydrogen (secondary N) is 1. The Morgan fingerprint density at radius 1 is 1.20 bits per heavy atom. The summed E-state index contributed by atoms with van der Waals surface area (Å²) >= 11 is 7.54. The molecule has 1 saturated heterocycles. The van der Waals surface area contributed by atoms with Gasteiger partial charge >= 0.3 is 0 Å². The number of rotatable bonds is 4. The van der Waals surface area contributed by atoms with Gasteiger partial charge in [0.25, 0.3) is 5.91 Å². The van der Waals surface area contributed by atoms with Gasteiger partial charge in [0.2, 0.25) is 5.91 Å². The van der Waals surface area contributed by atoms with Gasteiger partial charge in [-0.05, 0) is 48.5 Å². The lowest BCUT2D eigenvalue weighted by molar-refractivity contribution is -0.119. The molecule has 7 nitrogen and oxygen atoms in total. The number of nitriles is 1. The van der Waals surface area contributed by atoms with E-state index in [-0.39, 0.29) is 17.5 Å². The third-order valence-electron chi connectivity index (χ3n) is 4.61. The fraction of sp³-hybridized carbons (Fsp3) is 0.143. The number of carbonyl (C=O) groups excluding carboxylic acids is 2. The molecular weight excluding hydrogens is 422 g/mol. The lowest BCUT2D eigenvalue weighted by atomic mass is 10.2. The average molecular weight is 438 g/mol. The van der Waals surface area contributed by atoms with E-state index < -0.39 is 6.04 Å². The molecule has 1 unspecified atom stereocenters. The van der Waals surface area contributed by atoms with Gasteiger partial charge in [-0.3, -0.25) is 9.59 Å². The van der Waals surface area contributed by atoms with E-state index >= 15 is 0 Å². The van der Waals surface area contributed by atoms with Crippen LogP contribution < -0.4 is 5.32 Å². The lowest BCUT2D eigenvalue weighted by Gasteiger charge is -2.22. The van der Waals surface area contributed by atoms with E-state index in [1.54, 1.807) is 53.3 Å². The second kappa shape index (κ2) is 8.61. The van der Waals surface area contributed by atoms with Crippen LogP contribution in [0.5, 0.6) is 0 Å². The molecule has 0 bridgehead atoms. The minimum absolute atomic E-state index is 0.258. The van der Waals surface area contributed by atoms with Gasteiger partial charge in [-0.2, -0.15) is 10.4 Å². The van der Waals surface area contributed by atoms with Gasteiger partial charge in [0.15, 0.2) is 5.69 Å². The molecule has 0 radical (unpaired) electrons. The van der Waals surface area contributed by atoms with Crippen LogP contribution >= 0.6 is 23.4 Å². The fourth-order valence-electron chi connectivity index (χ4n) is 3.06. The van der Waals surface area contributed by atoms with Gasteiger partial charge in [-0.25, -0.2) is 4.68 Å². The van der Waals surface area contributed by atoms with Crippen LogP contribution in [0, 0.1) is 11.3 Å². The first-order valence-corrected chi connectivity index (χ1v) is 10.6. The standard InChI is InChI=1S/C21H16ClN5O2S/c22-15-2-1-3-17(10-15)27-9-8-18(25-27)21(29)26-13-30-12-19(26)20(28)24-16-6-4-14(11-23)5-7-16/h1-10,19H,12-13H2,(H,24,28). The molecule has 1 aromatic heterocycles. The van der Waals surface area contributed by atoms with E-state index in [9.17, 15) is 9.59 Å². The molecule has 1 N–H and O–H groups in total. The van der Waals surface area contributed by atoms with Gasteiger partial charge in [-0.15, -0.1) is 11.8 Å². The van der Waals surface area contributed by atoms with Crippen molar-refractivity contribution in [1.29, 1.82) is 5.26 Å². The topological polar surface area (TPSA) is 91.0 Å². The Hall–Kier alpha value is -3.28. The first-order valence-electron chi connectivity index (χ1n) is 9.06. The van der Waals surface area contributed by atoms with E-state index in [1.807, 2.05) is 18.2 Å². The summed E-state index contributed by atoms with van der Waals surface area (Å²) in [5.41, 5.74) is 2.09. The summed E-state index contributed by atoms with van der Waals surface area (Å²) in [4.78, 5) is 27.3. The number of hydrogen-bond acceptors (Lipinski definition) is 5. The smallest absolute Gasteiger partial charge is 0.275 e. The summed E-state index contributed by atoms with van der Waals surface area (Å²) in [6, 6.07) is 16.8. The molecule has 1 aliphatic heterocycles. The average Bonchev–Trinajstić information content (AvgIpc) is 3.44. The number of nitrogens with zero attached hydrogens (tertiary/aromatic N) is 4. The highest BCUT2D eigenvalue weighted by Crippen LogP contribution is 2.24. The molecule has 1 fully saturated rings. The number of benzene rings is 2. The molecule has 1 aliphatic rings. The normalized spacial score (nSPS) is 15.6. The first kappa shape index (κ1) is 20.0. The number of anilines is 1. The molecule has 9 heteroatoms. The van der Waals surface area contributed by atoms with Crippen molar-refractivity contribution >= 4 is 40.9 Å². The fourth-order valence-corrected chi connectivity index (χ4v) is 4.40. The Morgan fingerprint density at radius 2 is 2.00 bits per heavy atom. The molecule has 3 aromatic rings. The maximum Gasteiger partial charge on any atom is 0.275 e. The Kier molecular flexibility index (Phi) is 5.74. The molecule has 2 heterocycles. The van der Waals surface area contributed by atoms with Crippen LogP contribution in [0.15, 0.2) is 60.8 Å². The van der Waals surface area contributed by atoms with Crippen LogP contribution in [0.4, 0.5) is 5.69 Å². The summed E-state index contributed by atoms with van der Waals surface area (Å²) in [6.45, 7) is 0. The van der Waals surface area contributed by atoms with Crippen LogP contribution in [0.1, 0.15) is 16.1 Å². The van der Waals surface area contributed by atoms with Crippen molar-refractivity contribution in [2.75, 3.05) is 16.9 Å². The zero-order valence-corrected chi connectivity index (χ0v) is 17.2. The third-order valence-corrected chi connectivity index (χ3v) is 5.86. The molecule has 2 amide bonds. The summed E-state index contributed by atoms with van der Waals surface area (Å²) in [5.74, 6) is 0.338. The predicted molar refractivity (Wildman–Crippen MR) is 116 cm³/mol. The van der Waals surface area contributed by atoms with Crippen LogP contribution in [0.3, 0.4) is 0 Å². The Labute approximate surface area is 182 Å². The van der Waals surface area contributed by atoms with Crippen molar-refractivity contribution in [3.63, 3.8) is 0 Å². The monoisotopic (exact) mass is 437 g/mol. The molecule has 0 spiro atoms. The number of amides is 2. The number of halogens is 1. The van der Waals surface area contributed by atoms with Crippen LogP contribution in [-0.4, -0.2) is 44.2 Å². The van der Waals surface area contributed by atoms with Crippen molar-refractivity contribution in [2.45, 2.75) is 6.04 Å². The highest BCUT2D eigenvalue weighted by atomic mass is 35.5. The minimum Gasteiger partial charge on any atom is -0.324 e. The van der Waals surface area contributed by atoms with Crippen LogP contribution in [0.2, 0.25) is 5.02 Å². The number of thioether (sulfide) groups is 1. The Morgan fingerprint density at radius 3 is 2.73 bits per heavy atom. The number of aromatic nitrogens is 2. The van der Waals surface area contributed by atoms with Crippen molar-refractivity contribution < 1.29 is 9.59 Å². The zero-order chi connectivity index (χ0) is 21.1. The summed E-state index contributed by atoms with van der Waals surface area (Å²) in [5, 5.41) is 16.6. The lowest BCUT2D eigenvalue weighted by Crippen LogP contribution is -2.44. The van der Waals surface area contributed by atoms with Crippen LogP contribution in [0.25, 0.3) is 5.69 Å². The maximum absolute atomic E-state index is 13.0. The zero-order valence-electron chi connectivity index (χ0n) is 15.7. The Bertz CT molecular complexity index is 1140. The highest BCUT2D eigenvalue weighted by Gasteiger charge is 2.36. The second-order valence-corrected chi connectivity index (χ2v) is 8.03. The SMILES string of the molecule is N#Cc1ccc(NC(=O)C2CSCN2C(=O)c2ccn(-c3cccc(Cl)c3)n2)cc1.